The molecular weight excluding hydrogens is 273 g/mol. The summed E-state index contributed by atoms with van der Waals surface area (Å²) in [6.07, 6.45) is -5.99. The molecule has 1 aliphatic heterocycles. The van der Waals surface area contributed by atoms with E-state index in [0.717, 1.165) is 0 Å². The first kappa shape index (κ1) is 13.4. The van der Waals surface area contributed by atoms with Gasteiger partial charge < -0.3 is 4.90 Å². The number of nitrogens with zero attached hydrogens (tertiary/aromatic N) is 1. The van der Waals surface area contributed by atoms with E-state index in [4.69, 9.17) is 0 Å². The van der Waals surface area contributed by atoms with Crippen molar-refractivity contribution in [1.82, 2.24) is 0 Å². The first-order chi connectivity index (χ1) is 8.72. The van der Waals surface area contributed by atoms with Crippen LogP contribution in [0.4, 0.5) is 27.6 Å². The van der Waals surface area contributed by atoms with Crippen molar-refractivity contribution in [3.8, 4) is 0 Å². The number of Topliss-reactive ketones (excluding diaryl/α,β-unsaturated/α-hetero) is 1. The van der Waals surface area contributed by atoms with Crippen molar-refractivity contribution < 1.29 is 31.5 Å². The van der Waals surface area contributed by atoms with E-state index in [0.29, 0.717) is 17.0 Å². The Morgan fingerprint density at radius 1 is 1.05 bits per heavy atom. The van der Waals surface area contributed by atoms with Gasteiger partial charge in [-0.25, -0.2) is 8.78 Å². The Kier molecular flexibility index (Phi) is 3.03. The number of hydrogen-bond donors (Lipinski definition) is 0. The summed E-state index contributed by atoms with van der Waals surface area (Å²) in [7, 11) is 0. The molecule has 1 aromatic rings. The molecule has 0 atom stereocenters. The van der Waals surface area contributed by atoms with Crippen LogP contribution in [0, 0.1) is 11.6 Å². The van der Waals surface area contributed by atoms with Crippen molar-refractivity contribution in [2.45, 2.75) is 12.6 Å². The minimum absolute atomic E-state index is 0.323. The summed E-state index contributed by atoms with van der Waals surface area (Å²) >= 11 is 0. The first-order valence-electron chi connectivity index (χ1n) is 5.13. The number of carbonyl (C=O) groups excluding carboxylic acids is 2. The molecule has 1 aliphatic rings. The fraction of sp³-hybridized carbons (Fsp3) is 0.273. The van der Waals surface area contributed by atoms with E-state index < -0.39 is 53.7 Å². The molecule has 0 fully saturated rings. The molecule has 3 nitrogen and oxygen atoms in total. The summed E-state index contributed by atoms with van der Waals surface area (Å²) in [5.74, 6) is -4.94. The van der Waals surface area contributed by atoms with Crippen LogP contribution in [0.3, 0.4) is 0 Å². The van der Waals surface area contributed by atoms with Gasteiger partial charge in [-0.05, 0) is 12.1 Å². The maximum atomic E-state index is 13.5. The lowest BCUT2D eigenvalue weighted by Crippen LogP contribution is -2.33. The Morgan fingerprint density at radius 2 is 1.63 bits per heavy atom. The smallest absolute Gasteiger partial charge is 0.302 e. The summed E-state index contributed by atoms with van der Waals surface area (Å²) in [4.78, 5) is 23.2. The van der Waals surface area contributed by atoms with E-state index in [-0.39, 0.29) is 0 Å². The van der Waals surface area contributed by atoms with E-state index in [9.17, 15) is 31.5 Å². The second kappa shape index (κ2) is 4.29. The molecule has 0 radical (unpaired) electrons. The van der Waals surface area contributed by atoms with Gasteiger partial charge in [0, 0.05) is 6.54 Å². The lowest BCUT2D eigenvalue weighted by Gasteiger charge is -2.17. The molecular formula is C11H6F5NO2. The molecule has 1 aromatic carbocycles. The van der Waals surface area contributed by atoms with E-state index in [1.807, 2.05) is 0 Å². The van der Waals surface area contributed by atoms with E-state index in [1.54, 1.807) is 0 Å². The topological polar surface area (TPSA) is 37.4 Å². The Balaban J connectivity index is 2.42. The molecule has 0 N–H and O–H groups in total. The predicted octanol–water partition coefficient (Wildman–Crippen LogP) is 2.45. The minimum Gasteiger partial charge on any atom is -0.302 e. The van der Waals surface area contributed by atoms with Crippen LogP contribution in [0.25, 0.3) is 0 Å². The maximum absolute atomic E-state index is 13.5. The van der Waals surface area contributed by atoms with Crippen LogP contribution in [-0.4, -0.2) is 24.4 Å². The van der Waals surface area contributed by atoms with Crippen molar-refractivity contribution >= 4 is 17.4 Å². The number of hydrogen-bond acceptors (Lipinski definition) is 2. The molecule has 0 unspecified atom stereocenters. The zero-order valence-electron chi connectivity index (χ0n) is 9.22. The van der Waals surface area contributed by atoms with Crippen molar-refractivity contribution in [2.75, 3.05) is 11.4 Å². The fourth-order valence-corrected chi connectivity index (χ4v) is 1.80. The van der Waals surface area contributed by atoms with Crippen molar-refractivity contribution in [3.05, 3.63) is 29.3 Å². The second-order valence-electron chi connectivity index (χ2n) is 3.90. The van der Waals surface area contributed by atoms with Gasteiger partial charge in [0.1, 0.15) is 11.6 Å². The molecule has 0 saturated carbocycles. The Morgan fingerprint density at radius 3 is 2.21 bits per heavy atom. The normalized spacial score (nSPS) is 15.1. The highest BCUT2D eigenvalue weighted by molar-refractivity contribution is 6.52. The molecule has 102 valence electrons. The summed E-state index contributed by atoms with van der Waals surface area (Å²) in [6.45, 7) is -0.929. The molecule has 0 saturated heterocycles. The molecule has 1 heterocycles. The van der Waals surface area contributed by atoms with Crippen LogP contribution in [-0.2, 0) is 4.79 Å². The molecule has 0 aliphatic carbocycles. The van der Waals surface area contributed by atoms with Crippen molar-refractivity contribution in [1.29, 1.82) is 0 Å². The molecule has 19 heavy (non-hydrogen) atoms. The van der Waals surface area contributed by atoms with Gasteiger partial charge in [-0.3, -0.25) is 9.59 Å². The van der Waals surface area contributed by atoms with Gasteiger partial charge in [-0.15, -0.1) is 0 Å². The van der Waals surface area contributed by atoms with E-state index in [1.165, 1.54) is 0 Å². The molecule has 1 amide bonds. The van der Waals surface area contributed by atoms with Crippen LogP contribution in [0.1, 0.15) is 16.8 Å². The van der Waals surface area contributed by atoms with Crippen LogP contribution < -0.4 is 4.90 Å². The maximum Gasteiger partial charge on any atom is 0.390 e. The highest BCUT2D eigenvalue weighted by Gasteiger charge is 2.42. The number of halogens is 5. The number of alkyl halides is 3. The average molecular weight is 279 g/mol. The summed E-state index contributed by atoms with van der Waals surface area (Å²) in [5, 5.41) is 0. The van der Waals surface area contributed by atoms with E-state index in [2.05, 4.69) is 0 Å². The van der Waals surface area contributed by atoms with Crippen molar-refractivity contribution in [3.63, 3.8) is 0 Å². The first-order valence-corrected chi connectivity index (χ1v) is 5.13. The summed E-state index contributed by atoms with van der Waals surface area (Å²) in [5.41, 5.74) is -1.54. The molecule has 0 spiro atoms. The number of ketones is 1. The van der Waals surface area contributed by atoms with Crippen LogP contribution >= 0.6 is 0 Å². The third-order valence-electron chi connectivity index (χ3n) is 2.63. The standard InChI is InChI=1S/C11H6F5NO2/c12-5-1-2-6(13)8-7(5)9(18)10(19)17(8)4-3-11(14,15)16/h1-2H,3-4H2. The van der Waals surface area contributed by atoms with Crippen LogP contribution in [0.15, 0.2) is 12.1 Å². The van der Waals surface area contributed by atoms with Gasteiger partial charge in [0.2, 0.25) is 0 Å². The van der Waals surface area contributed by atoms with Crippen LogP contribution in [0.2, 0.25) is 0 Å². The average Bonchev–Trinajstić information content (AvgIpc) is 2.55. The third-order valence-corrected chi connectivity index (χ3v) is 2.63. The number of fused-ring (bicyclic) bond motifs is 1. The van der Waals surface area contributed by atoms with Gasteiger partial charge in [0.05, 0.1) is 17.7 Å². The monoisotopic (exact) mass is 279 g/mol. The van der Waals surface area contributed by atoms with Crippen LogP contribution in [0.5, 0.6) is 0 Å². The van der Waals surface area contributed by atoms with Gasteiger partial charge in [-0.2, -0.15) is 13.2 Å². The molecule has 0 bridgehead atoms. The Labute approximate surface area is 103 Å². The Bertz CT molecular complexity index is 567. The molecule has 8 heteroatoms. The molecule has 2 rings (SSSR count). The lowest BCUT2D eigenvalue weighted by atomic mass is 10.1. The SMILES string of the molecule is O=C1C(=O)N(CCC(F)(F)F)c2c(F)ccc(F)c21. The second-order valence-corrected chi connectivity index (χ2v) is 3.90. The third kappa shape index (κ3) is 2.29. The summed E-state index contributed by atoms with van der Waals surface area (Å²) in [6, 6.07) is 1.30. The molecule has 0 aromatic heterocycles. The number of benzene rings is 1. The zero-order chi connectivity index (χ0) is 14.4. The van der Waals surface area contributed by atoms with Gasteiger partial charge in [0.25, 0.3) is 11.7 Å². The quantitative estimate of drug-likeness (QED) is 0.616. The van der Waals surface area contributed by atoms with Gasteiger partial charge in [0.15, 0.2) is 0 Å². The highest BCUT2D eigenvalue weighted by atomic mass is 19.4. The number of anilines is 1. The largest absolute Gasteiger partial charge is 0.390 e. The lowest BCUT2D eigenvalue weighted by molar-refractivity contribution is -0.133. The van der Waals surface area contributed by atoms with Gasteiger partial charge >= 0.3 is 6.18 Å². The zero-order valence-corrected chi connectivity index (χ0v) is 9.22. The highest BCUT2D eigenvalue weighted by Crippen LogP contribution is 2.34. The predicted molar refractivity (Wildman–Crippen MR) is 53.7 cm³/mol. The number of carbonyl (C=O) groups is 2. The number of rotatable bonds is 2. The Hall–Kier alpha value is -1.99. The number of amides is 1. The van der Waals surface area contributed by atoms with Crippen molar-refractivity contribution in [2.24, 2.45) is 0 Å². The van der Waals surface area contributed by atoms with E-state index >= 15 is 0 Å². The summed E-state index contributed by atoms with van der Waals surface area (Å²) < 4.78 is 63.1. The van der Waals surface area contributed by atoms with Gasteiger partial charge in [-0.1, -0.05) is 0 Å². The fourth-order valence-electron chi connectivity index (χ4n) is 1.80. The minimum atomic E-state index is -4.57.